The molecule has 0 atom stereocenters. The van der Waals surface area contributed by atoms with E-state index in [0.717, 1.165) is 37.0 Å². The van der Waals surface area contributed by atoms with Gasteiger partial charge in [-0.1, -0.05) is 17.7 Å². The highest BCUT2D eigenvalue weighted by Crippen LogP contribution is 2.27. The molecule has 8 heteroatoms. The fourth-order valence-corrected chi connectivity index (χ4v) is 4.58. The van der Waals surface area contributed by atoms with E-state index >= 15 is 0 Å². The Bertz CT molecular complexity index is 572. The average molecular weight is 305 g/mol. The first-order valence-corrected chi connectivity index (χ1v) is 8.27. The highest BCUT2D eigenvalue weighted by atomic mass is 32.2. The molecule has 0 amide bonds. The minimum Gasteiger partial charge on any atom is -0.477 e. The van der Waals surface area contributed by atoms with Crippen molar-refractivity contribution >= 4 is 27.3 Å². The third-order valence-electron chi connectivity index (χ3n) is 3.01. The van der Waals surface area contributed by atoms with Gasteiger partial charge >= 0.3 is 5.97 Å². The maximum atomic E-state index is 12.1. The van der Waals surface area contributed by atoms with Crippen molar-refractivity contribution in [2.24, 2.45) is 0 Å². The summed E-state index contributed by atoms with van der Waals surface area (Å²) in [7, 11) is -3.95. The van der Waals surface area contributed by atoms with E-state index in [0.29, 0.717) is 5.56 Å². The maximum Gasteiger partial charge on any atom is 0.347 e. The van der Waals surface area contributed by atoms with E-state index in [-0.39, 0.29) is 15.9 Å². The molecule has 2 N–H and O–H groups in total. The third-order valence-corrected chi connectivity index (χ3v) is 5.60. The van der Waals surface area contributed by atoms with E-state index in [1.807, 2.05) is 0 Å². The second-order valence-corrected chi connectivity index (χ2v) is 6.95. The number of hydrogen-bond acceptors (Lipinski definition) is 5. The molecule has 0 spiro atoms. The summed E-state index contributed by atoms with van der Waals surface area (Å²) in [6, 6.07) is 0. The van der Waals surface area contributed by atoms with Gasteiger partial charge in [-0.2, -0.15) is 0 Å². The lowest BCUT2D eigenvalue weighted by Gasteiger charge is -2.12. The van der Waals surface area contributed by atoms with Gasteiger partial charge in [0.15, 0.2) is 0 Å². The molecule has 19 heavy (non-hydrogen) atoms. The number of nitrogens with one attached hydrogen (secondary N) is 1. The Kier molecular flexibility index (Phi) is 4.24. The van der Waals surface area contributed by atoms with Gasteiger partial charge in [0.1, 0.15) is 9.77 Å². The van der Waals surface area contributed by atoms with E-state index in [1.54, 1.807) is 6.92 Å². The van der Waals surface area contributed by atoms with Crippen molar-refractivity contribution in [3.05, 3.63) is 15.8 Å². The van der Waals surface area contributed by atoms with Crippen LogP contribution in [0.5, 0.6) is 0 Å². The Labute approximate surface area is 115 Å². The molecule has 106 valence electrons. The Morgan fingerprint density at radius 2 is 2.11 bits per heavy atom. The van der Waals surface area contributed by atoms with Crippen molar-refractivity contribution in [2.45, 2.75) is 43.6 Å². The van der Waals surface area contributed by atoms with E-state index in [4.69, 9.17) is 9.94 Å². The predicted octanol–water partition coefficient (Wildman–Crippen LogP) is 1.91. The minimum atomic E-state index is -3.95. The van der Waals surface area contributed by atoms with Gasteiger partial charge in [0.25, 0.3) is 10.0 Å². The first-order chi connectivity index (χ1) is 8.92. The number of sulfonamides is 1. The Balaban J connectivity index is 2.19. The molecule has 1 aromatic rings. The van der Waals surface area contributed by atoms with Gasteiger partial charge in [-0.15, -0.1) is 11.3 Å². The normalized spacial score (nSPS) is 16.9. The summed E-state index contributed by atoms with van der Waals surface area (Å²) < 4.78 is 24.2. The molecule has 6 nitrogen and oxygen atoms in total. The lowest BCUT2D eigenvalue weighted by molar-refractivity contribution is 0.0223. The molecule has 1 aliphatic rings. The summed E-state index contributed by atoms with van der Waals surface area (Å²) in [4.78, 5) is 17.8. The van der Waals surface area contributed by atoms with Crippen LogP contribution in [0.3, 0.4) is 0 Å². The molecule has 0 bridgehead atoms. The second-order valence-electron chi connectivity index (χ2n) is 4.49. The fraction of sp³-hybridized carbons (Fsp3) is 0.545. The molecule has 1 heterocycles. The topological polar surface area (TPSA) is 92.7 Å². The monoisotopic (exact) mass is 305 g/mol. The molecule has 1 saturated carbocycles. The third kappa shape index (κ3) is 3.14. The van der Waals surface area contributed by atoms with Gasteiger partial charge in [-0.25, -0.2) is 13.2 Å². The van der Waals surface area contributed by atoms with Crippen LogP contribution < -0.4 is 4.89 Å². The summed E-state index contributed by atoms with van der Waals surface area (Å²) in [5, 5.41) is 10.5. The Hall–Kier alpha value is -0.960. The van der Waals surface area contributed by atoms with Crippen LogP contribution in [0.2, 0.25) is 0 Å². The highest BCUT2D eigenvalue weighted by molar-refractivity contribution is 7.89. The van der Waals surface area contributed by atoms with Crippen LogP contribution in [0.4, 0.5) is 0 Å². The van der Waals surface area contributed by atoms with Crippen molar-refractivity contribution < 1.29 is 23.2 Å². The van der Waals surface area contributed by atoms with Crippen LogP contribution in [0.15, 0.2) is 10.3 Å². The SMILES string of the molecule is Cc1csc(C(=O)O)c1S(=O)(=O)NOC1CCCC1. The molecule has 0 aliphatic heterocycles. The molecular weight excluding hydrogens is 290 g/mol. The summed E-state index contributed by atoms with van der Waals surface area (Å²) in [6.45, 7) is 1.56. The van der Waals surface area contributed by atoms with Crippen molar-refractivity contribution in [1.29, 1.82) is 0 Å². The van der Waals surface area contributed by atoms with Gasteiger partial charge in [0.05, 0.1) is 6.10 Å². The zero-order valence-corrected chi connectivity index (χ0v) is 12.0. The number of carboxylic acid groups (broad SMARTS) is 1. The number of carboxylic acids is 1. The number of hydrogen-bond donors (Lipinski definition) is 2. The van der Waals surface area contributed by atoms with E-state index in [9.17, 15) is 13.2 Å². The first kappa shape index (κ1) is 14.4. The molecule has 0 unspecified atom stereocenters. The first-order valence-electron chi connectivity index (χ1n) is 5.90. The van der Waals surface area contributed by atoms with Crippen LogP contribution >= 0.6 is 11.3 Å². The van der Waals surface area contributed by atoms with E-state index < -0.39 is 16.0 Å². The minimum absolute atomic E-state index is 0.123. The van der Waals surface area contributed by atoms with Crippen molar-refractivity contribution in [1.82, 2.24) is 4.89 Å². The van der Waals surface area contributed by atoms with E-state index in [2.05, 4.69) is 4.89 Å². The molecule has 1 fully saturated rings. The fourth-order valence-electron chi connectivity index (χ4n) is 2.09. The number of aromatic carboxylic acids is 1. The molecule has 1 aromatic heterocycles. The lowest BCUT2D eigenvalue weighted by Crippen LogP contribution is -2.29. The Morgan fingerprint density at radius 3 is 2.68 bits per heavy atom. The maximum absolute atomic E-state index is 12.1. The Morgan fingerprint density at radius 1 is 1.47 bits per heavy atom. The molecule has 1 aliphatic carbocycles. The van der Waals surface area contributed by atoms with Crippen molar-refractivity contribution in [3.8, 4) is 0 Å². The summed E-state index contributed by atoms with van der Waals surface area (Å²) in [5.74, 6) is -1.25. The predicted molar refractivity (Wildman–Crippen MR) is 69.7 cm³/mol. The standard InChI is InChI=1S/C11H15NO5S2/c1-7-6-18-9(11(13)14)10(7)19(15,16)12-17-8-4-2-3-5-8/h6,8,12H,2-5H2,1H3,(H,13,14). The quantitative estimate of drug-likeness (QED) is 0.811. The van der Waals surface area contributed by atoms with Crippen LogP contribution in [0.25, 0.3) is 0 Å². The highest BCUT2D eigenvalue weighted by Gasteiger charge is 2.28. The largest absolute Gasteiger partial charge is 0.477 e. The van der Waals surface area contributed by atoms with E-state index in [1.165, 1.54) is 5.38 Å². The van der Waals surface area contributed by atoms with Gasteiger partial charge in [0, 0.05) is 0 Å². The van der Waals surface area contributed by atoms with Gasteiger partial charge in [-0.3, -0.25) is 4.84 Å². The molecule has 0 saturated heterocycles. The second kappa shape index (κ2) is 5.58. The summed E-state index contributed by atoms with van der Waals surface area (Å²) >= 11 is 0.895. The number of thiophene rings is 1. The molecule has 0 aromatic carbocycles. The average Bonchev–Trinajstić information content (AvgIpc) is 2.95. The van der Waals surface area contributed by atoms with Crippen LogP contribution in [0, 0.1) is 6.92 Å². The van der Waals surface area contributed by atoms with Crippen LogP contribution in [0.1, 0.15) is 40.9 Å². The van der Waals surface area contributed by atoms with Gasteiger partial charge in [0.2, 0.25) is 0 Å². The van der Waals surface area contributed by atoms with Crippen molar-refractivity contribution in [3.63, 3.8) is 0 Å². The van der Waals surface area contributed by atoms with Crippen LogP contribution in [-0.2, 0) is 14.9 Å². The number of aryl methyl sites for hydroxylation is 1. The summed E-state index contributed by atoms with van der Waals surface area (Å²) in [5.41, 5.74) is 0.407. The van der Waals surface area contributed by atoms with Crippen LogP contribution in [-0.4, -0.2) is 25.6 Å². The van der Waals surface area contributed by atoms with Gasteiger partial charge in [-0.05, 0) is 30.7 Å². The van der Waals surface area contributed by atoms with Crippen molar-refractivity contribution in [2.75, 3.05) is 0 Å². The zero-order chi connectivity index (χ0) is 14.0. The lowest BCUT2D eigenvalue weighted by atomic mass is 10.3. The molecule has 0 radical (unpaired) electrons. The number of rotatable bonds is 5. The smallest absolute Gasteiger partial charge is 0.347 e. The molecular formula is C11H15NO5S2. The summed E-state index contributed by atoms with van der Waals surface area (Å²) in [6.07, 6.45) is 3.55. The molecule has 2 rings (SSSR count). The van der Waals surface area contributed by atoms with Gasteiger partial charge < -0.3 is 5.11 Å². The number of carbonyl (C=O) groups is 1. The zero-order valence-electron chi connectivity index (χ0n) is 10.4.